The molecule has 0 saturated carbocycles. The molecule has 4 amide bonds. The van der Waals surface area contributed by atoms with Crippen molar-refractivity contribution in [1.29, 1.82) is 0 Å². The first-order valence-corrected chi connectivity index (χ1v) is 15.0. The highest BCUT2D eigenvalue weighted by molar-refractivity contribution is 6.10. The van der Waals surface area contributed by atoms with Crippen LogP contribution in [-0.2, 0) is 32.3 Å². The maximum absolute atomic E-state index is 14.3. The molecule has 8 rings (SSSR count). The number of rotatable bonds is 6. The third-order valence-corrected chi connectivity index (χ3v) is 9.56. The van der Waals surface area contributed by atoms with Gasteiger partial charge in [-0.2, -0.15) is 0 Å². The van der Waals surface area contributed by atoms with Crippen LogP contribution in [0, 0.1) is 11.8 Å². The highest BCUT2D eigenvalue weighted by atomic mass is 16.2. The number of nitrogens with zero attached hydrogens (tertiary/aromatic N) is 4. The van der Waals surface area contributed by atoms with E-state index in [1.165, 1.54) is 9.80 Å². The largest absolute Gasteiger partial charge is 0.276 e. The maximum atomic E-state index is 14.3. The molecular weight excluding hydrogens is 552 g/mol. The number of imide groups is 2. The third-order valence-electron chi connectivity index (χ3n) is 9.56. The van der Waals surface area contributed by atoms with Gasteiger partial charge in [0.25, 0.3) is 0 Å². The van der Waals surface area contributed by atoms with Crippen LogP contribution in [0.4, 0.5) is 0 Å². The second kappa shape index (κ2) is 10.4. The summed E-state index contributed by atoms with van der Waals surface area (Å²) < 4.78 is 0. The van der Waals surface area contributed by atoms with Gasteiger partial charge >= 0.3 is 0 Å². The van der Waals surface area contributed by atoms with Crippen molar-refractivity contribution in [3.8, 4) is 0 Å². The van der Waals surface area contributed by atoms with Gasteiger partial charge < -0.3 is 0 Å². The molecule has 0 aliphatic carbocycles. The van der Waals surface area contributed by atoms with E-state index in [2.05, 4.69) is 0 Å². The SMILES string of the molecule is O=C1C2C(C(=O)N1Cc1ccccc1)N1C(c3ccccc3)C3C(=O)N(Cc4ccccc4)C(=O)C3N1C2c1ccccc1. The van der Waals surface area contributed by atoms with Gasteiger partial charge in [0.05, 0.1) is 37.0 Å². The fraction of sp³-hybridized carbons (Fsp3) is 0.222. The predicted molar refractivity (Wildman–Crippen MR) is 161 cm³/mol. The molecule has 4 saturated heterocycles. The van der Waals surface area contributed by atoms with E-state index in [-0.39, 0.29) is 36.7 Å². The monoisotopic (exact) mass is 582 g/mol. The number of hydrogen-bond acceptors (Lipinski definition) is 6. The Morgan fingerprint density at radius 1 is 0.386 bits per heavy atom. The van der Waals surface area contributed by atoms with Gasteiger partial charge in [0.2, 0.25) is 23.6 Å². The Hall–Kier alpha value is -4.92. The van der Waals surface area contributed by atoms with E-state index in [9.17, 15) is 19.2 Å². The van der Waals surface area contributed by atoms with Crippen LogP contribution in [0.25, 0.3) is 0 Å². The number of hydrogen-bond donors (Lipinski definition) is 0. The molecule has 218 valence electrons. The van der Waals surface area contributed by atoms with E-state index in [1.54, 1.807) is 0 Å². The summed E-state index contributed by atoms with van der Waals surface area (Å²) in [5, 5.41) is 3.85. The minimum Gasteiger partial charge on any atom is -0.276 e. The van der Waals surface area contributed by atoms with Gasteiger partial charge in [-0.25, -0.2) is 10.0 Å². The number of amides is 4. The lowest BCUT2D eigenvalue weighted by Crippen LogP contribution is -2.49. The average molecular weight is 583 g/mol. The molecule has 4 aromatic carbocycles. The lowest BCUT2D eigenvalue weighted by molar-refractivity contribution is -0.153. The summed E-state index contributed by atoms with van der Waals surface area (Å²) in [7, 11) is 0. The third kappa shape index (κ3) is 3.91. The number of benzene rings is 4. The fourth-order valence-electron chi connectivity index (χ4n) is 7.76. The number of carbonyl (C=O) groups is 4. The molecule has 44 heavy (non-hydrogen) atoms. The maximum Gasteiger partial charge on any atom is 0.249 e. The Morgan fingerprint density at radius 3 is 1.05 bits per heavy atom. The molecule has 0 bridgehead atoms. The van der Waals surface area contributed by atoms with Crippen LogP contribution in [0.1, 0.15) is 34.3 Å². The van der Waals surface area contributed by atoms with Crippen molar-refractivity contribution in [2.45, 2.75) is 37.3 Å². The molecule has 0 spiro atoms. The molecule has 4 heterocycles. The van der Waals surface area contributed by atoms with Crippen molar-refractivity contribution in [2.24, 2.45) is 11.8 Å². The van der Waals surface area contributed by atoms with Gasteiger partial charge in [-0.15, -0.1) is 0 Å². The molecule has 4 aliphatic rings. The van der Waals surface area contributed by atoms with Crippen molar-refractivity contribution >= 4 is 23.6 Å². The average Bonchev–Trinajstić information content (AvgIpc) is 3.72. The molecule has 6 unspecified atom stereocenters. The van der Waals surface area contributed by atoms with Crippen molar-refractivity contribution in [1.82, 2.24) is 19.8 Å². The minimum atomic E-state index is -0.838. The molecule has 8 heteroatoms. The summed E-state index contributed by atoms with van der Waals surface area (Å²) in [5.74, 6) is -2.57. The van der Waals surface area contributed by atoms with E-state index in [0.717, 1.165) is 22.3 Å². The molecule has 8 nitrogen and oxygen atoms in total. The standard InChI is InChI=1S/C36H30N4O4/c41-33-27-29(25-17-9-3-10-18-25)40-32-28(34(42)38(36(32)44)22-24-15-7-2-8-16-24)30(26-19-11-4-12-20-26)39(40)31(27)35(43)37(33)21-23-13-5-1-6-14-23/h1-20,27-32H,21-22H2. The van der Waals surface area contributed by atoms with E-state index in [0.29, 0.717) is 0 Å². The van der Waals surface area contributed by atoms with Crippen molar-refractivity contribution in [3.05, 3.63) is 144 Å². The highest BCUT2D eigenvalue weighted by Gasteiger charge is 2.73. The second-order valence-corrected chi connectivity index (χ2v) is 11.9. The quantitative estimate of drug-likeness (QED) is 0.318. The van der Waals surface area contributed by atoms with Gasteiger partial charge in [0, 0.05) is 0 Å². The molecule has 0 radical (unpaired) electrons. The second-order valence-electron chi connectivity index (χ2n) is 11.9. The summed E-state index contributed by atoms with van der Waals surface area (Å²) in [6.45, 7) is 0.346. The Bertz CT molecular complexity index is 1620. The molecular formula is C36H30N4O4. The van der Waals surface area contributed by atoms with Crippen molar-refractivity contribution in [2.75, 3.05) is 0 Å². The van der Waals surface area contributed by atoms with Crippen LogP contribution in [0.2, 0.25) is 0 Å². The van der Waals surface area contributed by atoms with Crippen LogP contribution < -0.4 is 0 Å². The van der Waals surface area contributed by atoms with Gasteiger partial charge in [-0.3, -0.25) is 29.0 Å². The van der Waals surface area contributed by atoms with Crippen molar-refractivity contribution in [3.63, 3.8) is 0 Å². The van der Waals surface area contributed by atoms with Gasteiger partial charge in [-0.1, -0.05) is 121 Å². The molecule has 0 N–H and O–H groups in total. The summed E-state index contributed by atoms with van der Waals surface area (Å²) in [4.78, 5) is 60.0. The zero-order valence-corrected chi connectivity index (χ0v) is 23.8. The zero-order valence-electron chi connectivity index (χ0n) is 23.8. The normalized spacial score (nSPS) is 28.1. The van der Waals surface area contributed by atoms with E-state index >= 15 is 0 Å². The summed E-state index contributed by atoms with van der Waals surface area (Å²) in [5.41, 5.74) is 3.40. The summed E-state index contributed by atoms with van der Waals surface area (Å²) >= 11 is 0. The number of likely N-dealkylation sites (tertiary alicyclic amines) is 2. The Labute approximate surface area is 255 Å². The minimum absolute atomic E-state index is 0.173. The summed E-state index contributed by atoms with van der Waals surface area (Å²) in [6.07, 6.45) is 0. The van der Waals surface area contributed by atoms with E-state index in [1.807, 2.05) is 131 Å². The van der Waals surface area contributed by atoms with Gasteiger partial charge in [0.15, 0.2) is 0 Å². The molecule has 4 aromatic rings. The Kier molecular flexibility index (Phi) is 6.29. The zero-order chi connectivity index (χ0) is 29.9. The van der Waals surface area contributed by atoms with Gasteiger partial charge in [0.1, 0.15) is 12.1 Å². The Balaban J connectivity index is 1.26. The first-order chi connectivity index (χ1) is 21.5. The number of hydrazine groups is 1. The van der Waals surface area contributed by atoms with Gasteiger partial charge in [-0.05, 0) is 22.3 Å². The molecule has 4 fully saturated rings. The number of carbonyl (C=O) groups excluding carboxylic acids is 4. The number of fused-ring (bicyclic) bond motifs is 5. The lowest BCUT2D eigenvalue weighted by atomic mass is 9.84. The topological polar surface area (TPSA) is 81.2 Å². The first-order valence-electron chi connectivity index (χ1n) is 15.0. The lowest BCUT2D eigenvalue weighted by Gasteiger charge is -2.35. The molecule has 4 aliphatic heterocycles. The van der Waals surface area contributed by atoms with Crippen LogP contribution in [0.5, 0.6) is 0 Å². The smallest absolute Gasteiger partial charge is 0.249 e. The van der Waals surface area contributed by atoms with Crippen LogP contribution in [-0.4, -0.2) is 55.5 Å². The Morgan fingerprint density at radius 2 is 0.705 bits per heavy atom. The highest BCUT2D eigenvalue weighted by Crippen LogP contribution is 2.59. The van der Waals surface area contributed by atoms with Crippen LogP contribution >= 0.6 is 0 Å². The first kappa shape index (κ1) is 26.7. The molecule has 0 aromatic heterocycles. The van der Waals surface area contributed by atoms with Crippen LogP contribution in [0.3, 0.4) is 0 Å². The fourth-order valence-corrected chi connectivity index (χ4v) is 7.76. The van der Waals surface area contributed by atoms with Crippen LogP contribution in [0.15, 0.2) is 121 Å². The summed E-state index contributed by atoms with van der Waals surface area (Å²) in [6, 6.07) is 35.3. The van der Waals surface area contributed by atoms with Crippen molar-refractivity contribution < 1.29 is 19.2 Å². The predicted octanol–water partition coefficient (Wildman–Crippen LogP) is 4.12. The van der Waals surface area contributed by atoms with E-state index < -0.39 is 36.0 Å². The molecule has 6 atom stereocenters. The van der Waals surface area contributed by atoms with E-state index in [4.69, 9.17) is 0 Å².